The fourth-order valence-corrected chi connectivity index (χ4v) is 4.38. The minimum atomic E-state index is -0.539. The number of thioether (sulfide) groups is 1. The van der Waals surface area contributed by atoms with E-state index in [0.717, 1.165) is 21.3 Å². The molecule has 0 unspecified atom stereocenters. The van der Waals surface area contributed by atoms with Crippen LogP contribution in [0.3, 0.4) is 0 Å². The second kappa shape index (κ2) is 10.2. The highest BCUT2D eigenvalue weighted by molar-refractivity contribution is 9.10. The maximum absolute atomic E-state index is 12.9. The van der Waals surface area contributed by atoms with Crippen molar-refractivity contribution in [1.82, 2.24) is 14.8 Å². The Bertz CT molecular complexity index is 1340. The summed E-state index contributed by atoms with van der Waals surface area (Å²) in [5.74, 6) is 0.365. The Kier molecular flexibility index (Phi) is 7.09. The van der Waals surface area contributed by atoms with Crippen LogP contribution in [0.2, 0.25) is 0 Å². The van der Waals surface area contributed by atoms with Gasteiger partial charge in [0.05, 0.1) is 15.9 Å². The Hall–Kier alpha value is -3.50. The first kappa shape index (κ1) is 23.7. The molecule has 1 atom stereocenters. The molecule has 1 heterocycles. The maximum atomic E-state index is 12.9. The van der Waals surface area contributed by atoms with Gasteiger partial charge in [0, 0.05) is 27.9 Å². The SMILES string of the molecule is Cc1ccc([N+](=O)[O-])cc1NC(=O)[C@@H](C)Sc1nnc(-c2ccc(Br)cc2)n1-c1ccccc1. The molecule has 0 bridgehead atoms. The molecular weight excluding hydrogens is 518 g/mol. The summed E-state index contributed by atoms with van der Waals surface area (Å²) in [6, 6.07) is 21.8. The van der Waals surface area contributed by atoms with Crippen molar-refractivity contribution in [3.63, 3.8) is 0 Å². The van der Waals surface area contributed by atoms with Crippen molar-refractivity contribution in [2.24, 2.45) is 0 Å². The van der Waals surface area contributed by atoms with Crippen LogP contribution in [0.25, 0.3) is 17.1 Å². The molecule has 3 aromatic carbocycles. The van der Waals surface area contributed by atoms with Crippen molar-refractivity contribution in [1.29, 1.82) is 0 Å². The number of para-hydroxylation sites is 1. The molecule has 4 rings (SSSR count). The van der Waals surface area contributed by atoms with Gasteiger partial charge in [0.1, 0.15) is 0 Å². The quantitative estimate of drug-likeness (QED) is 0.175. The summed E-state index contributed by atoms with van der Waals surface area (Å²) in [7, 11) is 0. The van der Waals surface area contributed by atoms with Gasteiger partial charge in [0.2, 0.25) is 5.91 Å². The Balaban J connectivity index is 1.62. The van der Waals surface area contributed by atoms with Gasteiger partial charge in [0.25, 0.3) is 5.69 Å². The van der Waals surface area contributed by atoms with Crippen molar-refractivity contribution in [2.75, 3.05) is 5.32 Å². The van der Waals surface area contributed by atoms with Crippen LogP contribution < -0.4 is 5.32 Å². The van der Waals surface area contributed by atoms with Crippen molar-refractivity contribution < 1.29 is 9.72 Å². The van der Waals surface area contributed by atoms with E-state index in [4.69, 9.17) is 0 Å². The maximum Gasteiger partial charge on any atom is 0.271 e. The number of benzene rings is 3. The van der Waals surface area contributed by atoms with E-state index in [-0.39, 0.29) is 11.6 Å². The molecule has 0 aliphatic heterocycles. The van der Waals surface area contributed by atoms with Gasteiger partial charge in [-0.05, 0) is 43.7 Å². The molecule has 0 aliphatic carbocycles. The number of aromatic nitrogens is 3. The Morgan fingerprint density at radius 2 is 1.79 bits per heavy atom. The fourth-order valence-electron chi connectivity index (χ4n) is 3.25. The molecule has 1 amide bonds. The lowest BCUT2D eigenvalue weighted by Gasteiger charge is -2.15. The topological polar surface area (TPSA) is 103 Å². The molecular formula is C24H20BrN5O3S. The summed E-state index contributed by atoms with van der Waals surface area (Å²) < 4.78 is 2.87. The number of hydrogen-bond acceptors (Lipinski definition) is 6. The van der Waals surface area contributed by atoms with Crippen LogP contribution in [0.1, 0.15) is 12.5 Å². The Labute approximate surface area is 208 Å². The van der Waals surface area contributed by atoms with Crippen LogP contribution in [0.15, 0.2) is 82.4 Å². The zero-order valence-corrected chi connectivity index (χ0v) is 20.7. The van der Waals surface area contributed by atoms with Crippen molar-refractivity contribution in [3.05, 3.63) is 92.9 Å². The van der Waals surface area contributed by atoms with E-state index < -0.39 is 10.2 Å². The van der Waals surface area contributed by atoms with Crippen molar-refractivity contribution >= 4 is 45.0 Å². The first-order valence-corrected chi connectivity index (χ1v) is 12.0. The van der Waals surface area contributed by atoms with Gasteiger partial charge in [-0.15, -0.1) is 10.2 Å². The highest BCUT2D eigenvalue weighted by atomic mass is 79.9. The zero-order valence-electron chi connectivity index (χ0n) is 18.3. The van der Waals surface area contributed by atoms with Crippen molar-refractivity contribution in [3.8, 4) is 17.1 Å². The normalized spacial score (nSPS) is 11.7. The average Bonchev–Trinajstić information content (AvgIpc) is 3.24. The van der Waals surface area contributed by atoms with E-state index in [1.165, 1.54) is 23.9 Å². The van der Waals surface area contributed by atoms with Crippen LogP contribution >= 0.6 is 27.7 Å². The molecule has 10 heteroatoms. The number of non-ortho nitro benzene ring substituents is 1. The van der Waals surface area contributed by atoms with E-state index in [0.29, 0.717) is 16.7 Å². The van der Waals surface area contributed by atoms with Gasteiger partial charge in [-0.3, -0.25) is 19.5 Å². The van der Waals surface area contributed by atoms with E-state index in [9.17, 15) is 14.9 Å². The van der Waals surface area contributed by atoms with Gasteiger partial charge in [-0.1, -0.05) is 64.1 Å². The summed E-state index contributed by atoms with van der Waals surface area (Å²) in [6.45, 7) is 3.55. The molecule has 0 saturated heterocycles. The number of halogens is 1. The van der Waals surface area contributed by atoms with Crippen LogP contribution in [-0.2, 0) is 4.79 Å². The molecule has 172 valence electrons. The lowest BCUT2D eigenvalue weighted by atomic mass is 10.2. The van der Waals surface area contributed by atoms with Crippen LogP contribution in [-0.4, -0.2) is 30.8 Å². The molecule has 34 heavy (non-hydrogen) atoms. The van der Waals surface area contributed by atoms with Gasteiger partial charge in [0.15, 0.2) is 11.0 Å². The number of amides is 1. The minimum absolute atomic E-state index is 0.0795. The number of hydrogen-bond donors (Lipinski definition) is 1. The smallest absolute Gasteiger partial charge is 0.271 e. The fraction of sp³-hybridized carbons (Fsp3) is 0.125. The summed E-state index contributed by atoms with van der Waals surface area (Å²) >= 11 is 4.71. The molecule has 1 aromatic heterocycles. The summed E-state index contributed by atoms with van der Waals surface area (Å²) in [6.07, 6.45) is 0. The summed E-state index contributed by atoms with van der Waals surface area (Å²) in [5, 5.41) is 22.7. The van der Waals surface area contributed by atoms with Crippen LogP contribution in [0, 0.1) is 17.0 Å². The highest BCUT2D eigenvalue weighted by Gasteiger charge is 2.23. The summed E-state index contributed by atoms with van der Waals surface area (Å²) in [5.41, 5.74) is 2.82. The average molecular weight is 538 g/mol. The first-order valence-electron chi connectivity index (χ1n) is 10.3. The predicted octanol–water partition coefficient (Wildman–Crippen LogP) is 6.03. The highest BCUT2D eigenvalue weighted by Crippen LogP contribution is 2.31. The standard InChI is InChI=1S/C24H20BrN5O3S/c1-15-8-13-20(30(32)33)14-21(15)26-23(31)16(2)34-24-28-27-22(17-9-11-18(25)12-10-17)29(24)19-6-4-3-5-7-19/h3-14,16H,1-2H3,(H,26,31)/t16-/m1/s1. The van der Waals surface area contributed by atoms with E-state index in [1.54, 1.807) is 19.9 Å². The molecule has 0 aliphatic rings. The molecule has 4 aromatic rings. The predicted molar refractivity (Wildman–Crippen MR) is 136 cm³/mol. The third-order valence-corrected chi connectivity index (χ3v) is 6.66. The van der Waals surface area contributed by atoms with E-state index in [2.05, 4.69) is 31.4 Å². The molecule has 0 spiro atoms. The number of carbonyl (C=O) groups excluding carboxylic acids is 1. The minimum Gasteiger partial charge on any atom is -0.325 e. The number of nitrogens with one attached hydrogen (secondary N) is 1. The van der Waals surface area contributed by atoms with Gasteiger partial charge >= 0.3 is 0 Å². The van der Waals surface area contributed by atoms with E-state index >= 15 is 0 Å². The number of nitro benzene ring substituents is 1. The lowest BCUT2D eigenvalue weighted by Crippen LogP contribution is -2.23. The Morgan fingerprint density at radius 3 is 2.47 bits per heavy atom. The Morgan fingerprint density at radius 1 is 1.09 bits per heavy atom. The third kappa shape index (κ3) is 5.18. The number of rotatable bonds is 7. The second-order valence-corrected chi connectivity index (χ2v) is 9.71. The van der Waals surface area contributed by atoms with Crippen molar-refractivity contribution in [2.45, 2.75) is 24.3 Å². The lowest BCUT2D eigenvalue weighted by molar-refractivity contribution is -0.384. The second-order valence-electron chi connectivity index (χ2n) is 7.49. The summed E-state index contributed by atoms with van der Waals surface area (Å²) in [4.78, 5) is 23.6. The molecule has 1 N–H and O–H groups in total. The van der Waals surface area contributed by atoms with Gasteiger partial charge in [-0.25, -0.2) is 0 Å². The zero-order chi connectivity index (χ0) is 24.2. The largest absolute Gasteiger partial charge is 0.325 e. The van der Waals surface area contributed by atoms with Crippen LogP contribution in [0.4, 0.5) is 11.4 Å². The molecule has 0 saturated carbocycles. The number of carbonyl (C=O) groups is 1. The van der Waals surface area contributed by atoms with Gasteiger partial charge in [-0.2, -0.15) is 0 Å². The molecule has 0 fully saturated rings. The number of aryl methyl sites for hydroxylation is 1. The monoisotopic (exact) mass is 537 g/mol. The number of anilines is 1. The number of nitro groups is 1. The molecule has 8 nitrogen and oxygen atoms in total. The third-order valence-electron chi connectivity index (χ3n) is 5.09. The first-order chi connectivity index (χ1) is 16.3. The van der Waals surface area contributed by atoms with Crippen LogP contribution in [0.5, 0.6) is 0 Å². The van der Waals surface area contributed by atoms with E-state index in [1.807, 2.05) is 59.2 Å². The number of nitrogens with zero attached hydrogens (tertiary/aromatic N) is 4. The van der Waals surface area contributed by atoms with Gasteiger partial charge < -0.3 is 5.32 Å². The molecule has 0 radical (unpaired) electrons.